The number of nitrogens with one attached hydrogen (secondary N) is 1. The molecule has 0 aliphatic heterocycles. The number of carbonyl (C=O) groups is 1. The van der Waals surface area contributed by atoms with E-state index in [1.807, 2.05) is 32.0 Å². The van der Waals surface area contributed by atoms with Gasteiger partial charge in [0.25, 0.3) is 5.56 Å². The first-order valence-electron chi connectivity index (χ1n) is 10.3. The van der Waals surface area contributed by atoms with Gasteiger partial charge in [0.1, 0.15) is 5.69 Å². The molecule has 4 aromatic rings. The molecule has 0 bridgehead atoms. The van der Waals surface area contributed by atoms with Gasteiger partial charge in [0.15, 0.2) is 11.4 Å². The molecule has 33 heavy (non-hydrogen) atoms. The number of amides is 1. The van der Waals surface area contributed by atoms with Crippen LogP contribution in [0.1, 0.15) is 27.2 Å². The molecule has 8 heteroatoms. The summed E-state index contributed by atoms with van der Waals surface area (Å²) in [6, 6.07) is 17.3. The van der Waals surface area contributed by atoms with Gasteiger partial charge in [-0.15, -0.1) is 10.2 Å². The summed E-state index contributed by atoms with van der Waals surface area (Å²) in [5, 5.41) is 22.1. The number of phenols is 1. The molecule has 166 valence electrons. The number of rotatable bonds is 5. The van der Waals surface area contributed by atoms with Crippen LogP contribution in [-0.4, -0.2) is 20.8 Å². The summed E-state index contributed by atoms with van der Waals surface area (Å²) in [5.74, 6) is -0.680. The first-order valence-corrected chi connectivity index (χ1v) is 10.3. The normalized spacial score (nSPS) is 11.2. The maximum atomic E-state index is 13.0. The molecule has 8 nitrogen and oxygen atoms in total. The Labute approximate surface area is 190 Å². The molecule has 4 rings (SSSR count). The number of hydrogen-bond acceptors (Lipinski definition) is 5. The van der Waals surface area contributed by atoms with E-state index < -0.39 is 5.91 Å². The summed E-state index contributed by atoms with van der Waals surface area (Å²) in [4.78, 5) is 24.4. The minimum atomic E-state index is -0.560. The lowest BCUT2D eigenvalue weighted by atomic mass is 10.0. The molecule has 0 aliphatic carbocycles. The number of nitrogens with zero attached hydrogens (tertiary/aromatic N) is 3. The fraction of sp³-hybridized carbons (Fsp3) is 0.120. The molecule has 0 aliphatic rings. The van der Waals surface area contributed by atoms with Crippen molar-refractivity contribution in [1.82, 2.24) is 9.78 Å². The van der Waals surface area contributed by atoms with Crippen LogP contribution in [0.3, 0.4) is 0 Å². The first-order chi connectivity index (χ1) is 15.8. The van der Waals surface area contributed by atoms with Crippen LogP contribution >= 0.6 is 0 Å². The third-order valence-electron chi connectivity index (χ3n) is 5.52. The van der Waals surface area contributed by atoms with Crippen LogP contribution in [0, 0.1) is 20.8 Å². The van der Waals surface area contributed by atoms with E-state index in [-0.39, 0.29) is 22.7 Å². The number of azo groups is 1. The van der Waals surface area contributed by atoms with E-state index >= 15 is 0 Å². The average Bonchev–Trinajstić information content (AvgIpc) is 3.08. The van der Waals surface area contributed by atoms with Crippen LogP contribution < -0.4 is 11.3 Å². The van der Waals surface area contributed by atoms with Gasteiger partial charge < -0.3 is 10.8 Å². The van der Waals surface area contributed by atoms with E-state index in [0.717, 1.165) is 11.1 Å². The van der Waals surface area contributed by atoms with Gasteiger partial charge in [0, 0.05) is 11.1 Å². The number of aromatic nitrogens is 2. The highest BCUT2D eigenvalue weighted by molar-refractivity contribution is 5.94. The molecule has 1 aromatic heterocycles. The zero-order valence-corrected chi connectivity index (χ0v) is 18.5. The van der Waals surface area contributed by atoms with Gasteiger partial charge in [-0.3, -0.25) is 14.7 Å². The van der Waals surface area contributed by atoms with Crippen molar-refractivity contribution in [2.45, 2.75) is 20.8 Å². The van der Waals surface area contributed by atoms with E-state index in [1.54, 1.807) is 49.4 Å². The third kappa shape index (κ3) is 4.18. The Balaban J connectivity index is 1.71. The number of benzene rings is 3. The van der Waals surface area contributed by atoms with Crippen LogP contribution in [0.2, 0.25) is 0 Å². The van der Waals surface area contributed by atoms with Gasteiger partial charge in [0.05, 0.1) is 11.4 Å². The highest BCUT2D eigenvalue weighted by Gasteiger charge is 2.14. The molecule has 0 fully saturated rings. The SMILES string of the molecule is Cc1ccc(-n2[nH]c(C)c(N=Nc3cccc(-c4cccc(C(N)=O)c4)c3O)c2=O)cc1C. The van der Waals surface area contributed by atoms with Crippen molar-refractivity contribution >= 4 is 17.3 Å². The summed E-state index contributed by atoms with van der Waals surface area (Å²) >= 11 is 0. The molecular formula is C25H23N5O3. The fourth-order valence-corrected chi connectivity index (χ4v) is 3.49. The van der Waals surface area contributed by atoms with Crippen LogP contribution in [0.5, 0.6) is 5.75 Å². The predicted octanol–water partition coefficient (Wildman–Crippen LogP) is 4.98. The Morgan fingerprint density at radius 1 is 0.970 bits per heavy atom. The van der Waals surface area contributed by atoms with Crippen LogP contribution in [0.25, 0.3) is 16.8 Å². The van der Waals surface area contributed by atoms with E-state index in [1.165, 1.54) is 4.68 Å². The molecular weight excluding hydrogens is 418 g/mol. The average molecular weight is 441 g/mol. The van der Waals surface area contributed by atoms with Crippen LogP contribution in [-0.2, 0) is 0 Å². The molecule has 0 atom stereocenters. The van der Waals surface area contributed by atoms with Gasteiger partial charge in [-0.2, -0.15) is 0 Å². The molecule has 4 N–H and O–H groups in total. The maximum absolute atomic E-state index is 13.0. The lowest BCUT2D eigenvalue weighted by molar-refractivity contribution is 0.100. The monoisotopic (exact) mass is 441 g/mol. The van der Waals surface area contributed by atoms with Crippen molar-refractivity contribution in [2.75, 3.05) is 0 Å². The molecule has 3 aromatic carbocycles. The van der Waals surface area contributed by atoms with Crippen molar-refractivity contribution in [3.63, 3.8) is 0 Å². The van der Waals surface area contributed by atoms with Crippen LogP contribution in [0.15, 0.2) is 75.7 Å². The van der Waals surface area contributed by atoms with Crippen molar-refractivity contribution in [2.24, 2.45) is 16.0 Å². The molecule has 0 radical (unpaired) electrons. The quantitative estimate of drug-likeness (QED) is 0.378. The van der Waals surface area contributed by atoms with Gasteiger partial charge in [0.2, 0.25) is 5.91 Å². The molecule has 0 saturated heterocycles. The minimum absolute atomic E-state index is 0.120. The van der Waals surface area contributed by atoms with Crippen molar-refractivity contribution in [3.05, 3.63) is 93.4 Å². The summed E-state index contributed by atoms with van der Waals surface area (Å²) in [6.45, 7) is 5.72. The Morgan fingerprint density at radius 2 is 1.73 bits per heavy atom. The Kier molecular flexibility index (Phi) is 5.66. The fourth-order valence-electron chi connectivity index (χ4n) is 3.49. The Bertz CT molecular complexity index is 1460. The lowest BCUT2D eigenvalue weighted by Gasteiger charge is -2.07. The second-order valence-electron chi connectivity index (χ2n) is 7.81. The number of aromatic amines is 1. The smallest absolute Gasteiger partial charge is 0.299 e. The third-order valence-corrected chi connectivity index (χ3v) is 5.52. The topological polar surface area (TPSA) is 126 Å². The largest absolute Gasteiger partial charge is 0.505 e. The number of aryl methyl sites for hydroxylation is 3. The van der Waals surface area contributed by atoms with Gasteiger partial charge in [-0.25, -0.2) is 4.68 Å². The van der Waals surface area contributed by atoms with Crippen molar-refractivity contribution < 1.29 is 9.90 Å². The number of carbonyl (C=O) groups excluding carboxylic acids is 1. The van der Waals surface area contributed by atoms with E-state index in [2.05, 4.69) is 15.3 Å². The van der Waals surface area contributed by atoms with E-state index in [0.29, 0.717) is 28.1 Å². The highest BCUT2D eigenvalue weighted by atomic mass is 16.3. The highest BCUT2D eigenvalue weighted by Crippen LogP contribution is 2.38. The Hall–Kier alpha value is -4.46. The molecule has 0 spiro atoms. The second kappa shape index (κ2) is 8.58. The zero-order valence-electron chi connectivity index (χ0n) is 18.5. The summed E-state index contributed by atoms with van der Waals surface area (Å²) < 4.78 is 1.42. The predicted molar refractivity (Wildman–Crippen MR) is 127 cm³/mol. The molecule has 0 saturated carbocycles. The standard InChI is InChI=1S/C25H23N5O3/c1-14-10-11-19(12-15(14)2)30-25(33)22(16(3)29-30)28-27-21-9-5-8-20(23(21)31)17-6-4-7-18(13-17)24(26)32/h4-13,29,31H,1-3H3,(H2,26,32). The number of H-pyrrole nitrogens is 1. The first kappa shape index (κ1) is 21.8. The lowest BCUT2D eigenvalue weighted by Crippen LogP contribution is -2.14. The van der Waals surface area contributed by atoms with Gasteiger partial charge in [-0.1, -0.05) is 30.3 Å². The van der Waals surface area contributed by atoms with Crippen molar-refractivity contribution in [3.8, 4) is 22.6 Å². The molecule has 1 heterocycles. The second-order valence-corrected chi connectivity index (χ2v) is 7.81. The van der Waals surface area contributed by atoms with Crippen molar-refractivity contribution in [1.29, 1.82) is 0 Å². The number of hydrogen-bond donors (Lipinski definition) is 3. The van der Waals surface area contributed by atoms with Crippen LogP contribution in [0.4, 0.5) is 11.4 Å². The Morgan fingerprint density at radius 3 is 2.45 bits per heavy atom. The summed E-state index contributed by atoms with van der Waals surface area (Å²) in [5.41, 5.74) is 10.2. The molecule has 0 unspecified atom stereocenters. The summed E-state index contributed by atoms with van der Waals surface area (Å²) in [7, 11) is 0. The number of para-hydroxylation sites is 1. The number of primary amides is 1. The number of aromatic hydroxyl groups is 1. The molecule has 1 amide bonds. The van der Waals surface area contributed by atoms with E-state index in [9.17, 15) is 14.7 Å². The summed E-state index contributed by atoms with van der Waals surface area (Å²) in [6.07, 6.45) is 0. The van der Waals surface area contributed by atoms with Gasteiger partial charge in [-0.05, 0) is 67.8 Å². The minimum Gasteiger partial charge on any atom is -0.505 e. The maximum Gasteiger partial charge on any atom is 0.299 e. The van der Waals surface area contributed by atoms with E-state index in [4.69, 9.17) is 5.73 Å². The number of nitrogens with two attached hydrogens (primary N) is 1. The number of phenolic OH excluding ortho intramolecular Hbond substituents is 1. The van der Waals surface area contributed by atoms with Gasteiger partial charge >= 0.3 is 0 Å². The zero-order chi connectivity index (χ0) is 23.7.